The van der Waals surface area contributed by atoms with Gasteiger partial charge in [-0.3, -0.25) is 9.20 Å². The minimum Gasteiger partial charge on any atom is -0.387 e. The molecule has 0 aliphatic rings. The smallest absolute Gasteiger partial charge is 0.252 e. The highest BCUT2D eigenvalue weighted by Crippen LogP contribution is 2.20. The van der Waals surface area contributed by atoms with Crippen molar-refractivity contribution in [3.8, 4) is 0 Å². The number of aliphatic hydroxyl groups excluding tert-OH is 1. The summed E-state index contributed by atoms with van der Waals surface area (Å²) in [5.41, 5.74) is 1.38. The predicted octanol–water partition coefficient (Wildman–Crippen LogP) is 2.29. The molecule has 0 saturated heterocycles. The van der Waals surface area contributed by atoms with Crippen LogP contribution in [0.25, 0.3) is 5.65 Å². The van der Waals surface area contributed by atoms with Gasteiger partial charge in [-0.1, -0.05) is 17.7 Å². The third kappa shape index (κ3) is 3.22. The molecule has 0 aliphatic heterocycles. The minimum atomic E-state index is -1.04. The molecular weight excluding hydrogens is 335 g/mol. The summed E-state index contributed by atoms with van der Waals surface area (Å²) >= 11 is 5.61. The fourth-order valence-corrected chi connectivity index (χ4v) is 2.39. The van der Waals surface area contributed by atoms with Crippen LogP contribution in [0.2, 0.25) is 5.02 Å². The maximum atomic E-state index is 13.4. The summed E-state index contributed by atoms with van der Waals surface area (Å²) in [6.45, 7) is 1.72. The molecule has 0 bridgehead atoms. The number of amides is 1. The Hall–Kier alpha value is -2.51. The van der Waals surface area contributed by atoms with Gasteiger partial charge in [0.25, 0.3) is 5.91 Å². The van der Waals surface area contributed by atoms with E-state index in [2.05, 4.69) is 15.5 Å². The van der Waals surface area contributed by atoms with Gasteiger partial charge < -0.3 is 10.4 Å². The van der Waals surface area contributed by atoms with Gasteiger partial charge in [-0.05, 0) is 36.8 Å². The molecule has 1 amide bonds. The Morgan fingerprint density at radius 3 is 2.92 bits per heavy atom. The molecule has 3 aromatic rings. The number of hydrogen-bond acceptors (Lipinski definition) is 4. The first-order chi connectivity index (χ1) is 11.5. The molecule has 2 aromatic heterocycles. The zero-order valence-electron chi connectivity index (χ0n) is 12.7. The number of carbonyl (C=O) groups is 1. The molecule has 0 fully saturated rings. The largest absolute Gasteiger partial charge is 0.387 e. The normalized spacial score (nSPS) is 12.3. The van der Waals surface area contributed by atoms with Crippen LogP contribution in [0.15, 0.2) is 36.5 Å². The quantitative estimate of drug-likeness (QED) is 0.758. The van der Waals surface area contributed by atoms with E-state index < -0.39 is 11.9 Å². The summed E-state index contributed by atoms with van der Waals surface area (Å²) in [6.07, 6.45) is 0.579. The third-order valence-electron chi connectivity index (χ3n) is 3.62. The first-order valence-corrected chi connectivity index (χ1v) is 7.56. The molecule has 1 unspecified atom stereocenters. The summed E-state index contributed by atoms with van der Waals surface area (Å²) in [5, 5.41) is 20.5. The van der Waals surface area contributed by atoms with Gasteiger partial charge in [-0.2, -0.15) is 0 Å². The van der Waals surface area contributed by atoms with Crippen molar-refractivity contribution in [1.82, 2.24) is 19.9 Å². The number of nitrogens with one attached hydrogen (secondary N) is 1. The Kier molecular flexibility index (Phi) is 4.46. The molecule has 6 nitrogen and oxygen atoms in total. The zero-order chi connectivity index (χ0) is 17.3. The standard InChI is InChI=1S/C16H14ClFN4O2/c1-9-20-21-15-5-3-11(8-22(9)15)16(24)19-7-14(23)10-2-4-12(17)13(18)6-10/h2-6,8,14,23H,7H2,1H3,(H,19,24). The summed E-state index contributed by atoms with van der Waals surface area (Å²) < 4.78 is 15.1. The molecule has 2 N–H and O–H groups in total. The van der Waals surface area contributed by atoms with E-state index in [-0.39, 0.29) is 17.5 Å². The van der Waals surface area contributed by atoms with Crippen molar-refractivity contribution >= 4 is 23.2 Å². The van der Waals surface area contributed by atoms with Crippen LogP contribution in [0.1, 0.15) is 27.8 Å². The highest BCUT2D eigenvalue weighted by molar-refractivity contribution is 6.30. The first kappa shape index (κ1) is 16.4. The van der Waals surface area contributed by atoms with Gasteiger partial charge >= 0.3 is 0 Å². The lowest BCUT2D eigenvalue weighted by atomic mass is 10.1. The van der Waals surface area contributed by atoms with Crippen molar-refractivity contribution in [2.45, 2.75) is 13.0 Å². The van der Waals surface area contributed by atoms with Crippen molar-refractivity contribution < 1.29 is 14.3 Å². The van der Waals surface area contributed by atoms with E-state index in [0.29, 0.717) is 22.6 Å². The lowest BCUT2D eigenvalue weighted by Gasteiger charge is -2.13. The van der Waals surface area contributed by atoms with Crippen molar-refractivity contribution in [3.63, 3.8) is 0 Å². The molecule has 24 heavy (non-hydrogen) atoms. The van der Waals surface area contributed by atoms with Gasteiger partial charge in [-0.25, -0.2) is 4.39 Å². The van der Waals surface area contributed by atoms with E-state index in [1.807, 2.05) is 0 Å². The second kappa shape index (κ2) is 6.54. The topological polar surface area (TPSA) is 79.5 Å². The summed E-state index contributed by atoms with van der Waals surface area (Å²) in [6, 6.07) is 7.31. The number of hydrogen-bond donors (Lipinski definition) is 2. The third-order valence-corrected chi connectivity index (χ3v) is 3.93. The van der Waals surface area contributed by atoms with Gasteiger partial charge in [0.15, 0.2) is 5.65 Å². The molecule has 0 aliphatic carbocycles. The van der Waals surface area contributed by atoms with E-state index in [0.717, 1.165) is 6.07 Å². The molecule has 124 valence electrons. The van der Waals surface area contributed by atoms with E-state index in [1.165, 1.54) is 12.1 Å². The number of aromatic nitrogens is 3. The molecule has 0 radical (unpaired) electrons. The number of carbonyl (C=O) groups excluding carboxylic acids is 1. The van der Waals surface area contributed by atoms with Gasteiger partial charge in [0.1, 0.15) is 11.6 Å². The Bertz CT molecular complexity index is 912. The molecule has 1 atom stereocenters. The lowest BCUT2D eigenvalue weighted by molar-refractivity contribution is 0.0916. The number of halogens is 2. The average molecular weight is 349 g/mol. The van der Waals surface area contributed by atoms with Gasteiger partial charge in [-0.15, -0.1) is 10.2 Å². The molecular formula is C16H14ClFN4O2. The van der Waals surface area contributed by atoms with Crippen molar-refractivity contribution in [2.24, 2.45) is 0 Å². The first-order valence-electron chi connectivity index (χ1n) is 7.18. The maximum absolute atomic E-state index is 13.4. The average Bonchev–Trinajstić information content (AvgIpc) is 2.95. The van der Waals surface area contributed by atoms with Gasteiger partial charge in [0.2, 0.25) is 0 Å². The van der Waals surface area contributed by atoms with Gasteiger partial charge in [0.05, 0.1) is 16.7 Å². The zero-order valence-corrected chi connectivity index (χ0v) is 13.5. The summed E-state index contributed by atoms with van der Waals surface area (Å²) in [7, 11) is 0. The van der Waals surface area contributed by atoms with Gasteiger partial charge in [0, 0.05) is 12.7 Å². The highest BCUT2D eigenvalue weighted by Gasteiger charge is 2.13. The van der Waals surface area contributed by atoms with Crippen LogP contribution < -0.4 is 5.32 Å². The molecule has 1 aromatic carbocycles. The van der Waals surface area contributed by atoms with E-state index >= 15 is 0 Å². The number of aryl methyl sites for hydroxylation is 1. The molecule has 0 spiro atoms. The Balaban J connectivity index is 1.69. The van der Waals surface area contributed by atoms with E-state index in [9.17, 15) is 14.3 Å². The second-order valence-corrected chi connectivity index (χ2v) is 5.70. The maximum Gasteiger partial charge on any atom is 0.252 e. The van der Waals surface area contributed by atoms with Crippen LogP contribution in [-0.4, -0.2) is 32.2 Å². The minimum absolute atomic E-state index is 0.0207. The fraction of sp³-hybridized carbons (Fsp3) is 0.188. The van der Waals surface area contributed by atoms with Crippen LogP contribution in [0, 0.1) is 12.7 Å². The highest BCUT2D eigenvalue weighted by atomic mass is 35.5. The SMILES string of the molecule is Cc1nnc2ccc(C(=O)NCC(O)c3ccc(Cl)c(F)c3)cn12. The summed E-state index contributed by atoms with van der Waals surface area (Å²) in [4.78, 5) is 12.2. The predicted molar refractivity (Wildman–Crippen MR) is 86.4 cm³/mol. The van der Waals surface area contributed by atoms with Crippen molar-refractivity contribution in [3.05, 3.63) is 64.3 Å². The second-order valence-electron chi connectivity index (χ2n) is 5.29. The molecule has 2 heterocycles. The Morgan fingerprint density at radius 1 is 1.38 bits per heavy atom. The van der Waals surface area contributed by atoms with Crippen LogP contribution in [0.4, 0.5) is 4.39 Å². The van der Waals surface area contributed by atoms with E-state index in [4.69, 9.17) is 11.6 Å². The Labute approximate surface area is 141 Å². The van der Waals surface area contributed by atoms with Crippen LogP contribution in [0.3, 0.4) is 0 Å². The van der Waals surface area contributed by atoms with Crippen molar-refractivity contribution in [1.29, 1.82) is 0 Å². The lowest BCUT2D eigenvalue weighted by Crippen LogP contribution is -2.28. The Morgan fingerprint density at radius 2 is 2.17 bits per heavy atom. The number of nitrogens with zero attached hydrogens (tertiary/aromatic N) is 3. The number of fused-ring (bicyclic) bond motifs is 1. The van der Waals surface area contributed by atoms with E-state index in [1.54, 1.807) is 29.7 Å². The van der Waals surface area contributed by atoms with Crippen LogP contribution >= 0.6 is 11.6 Å². The monoisotopic (exact) mass is 348 g/mol. The number of pyridine rings is 1. The molecule has 0 saturated carbocycles. The van der Waals surface area contributed by atoms with Crippen molar-refractivity contribution in [2.75, 3.05) is 6.54 Å². The fourth-order valence-electron chi connectivity index (χ4n) is 2.27. The van der Waals surface area contributed by atoms with Crippen LogP contribution in [0.5, 0.6) is 0 Å². The molecule has 8 heteroatoms. The van der Waals surface area contributed by atoms with Crippen LogP contribution in [-0.2, 0) is 0 Å². The number of rotatable bonds is 4. The number of benzene rings is 1. The number of aliphatic hydroxyl groups is 1. The summed E-state index contributed by atoms with van der Waals surface area (Å²) in [5.74, 6) is -0.317. The molecule has 3 rings (SSSR count).